The highest BCUT2D eigenvalue weighted by Gasteiger charge is 2.02. The minimum absolute atomic E-state index is 0.197. The summed E-state index contributed by atoms with van der Waals surface area (Å²) in [6.07, 6.45) is 1.47. The van der Waals surface area contributed by atoms with Crippen molar-refractivity contribution >= 4 is 28.8 Å². The highest BCUT2D eigenvalue weighted by molar-refractivity contribution is 5.89. The SMILES string of the molecule is O=C(O)c1ccc(N=Cc2cc3ccccc3[nH]c2=O)cc1. The van der Waals surface area contributed by atoms with E-state index in [1.807, 2.05) is 24.3 Å². The van der Waals surface area contributed by atoms with Crippen molar-refractivity contribution in [2.45, 2.75) is 0 Å². The maximum Gasteiger partial charge on any atom is 0.335 e. The molecule has 0 unspecified atom stereocenters. The number of carboxylic acids is 1. The van der Waals surface area contributed by atoms with Gasteiger partial charge < -0.3 is 10.1 Å². The molecule has 5 nitrogen and oxygen atoms in total. The number of fused-ring (bicyclic) bond motifs is 1. The third-order valence-electron chi connectivity index (χ3n) is 3.25. The van der Waals surface area contributed by atoms with Crippen LogP contribution in [0.3, 0.4) is 0 Å². The molecule has 0 aliphatic carbocycles. The zero-order valence-corrected chi connectivity index (χ0v) is 11.5. The molecule has 0 radical (unpaired) electrons. The number of carboxylic acid groups (broad SMARTS) is 1. The minimum atomic E-state index is -0.985. The maximum atomic E-state index is 12.0. The molecule has 3 aromatic rings. The number of rotatable bonds is 3. The van der Waals surface area contributed by atoms with Crippen molar-refractivity contribution in [2.75, 3.05) is 0 Å². The molecule has 0 bridgehead atoms. The van der Waals surface area contributed by atoms with Gasteiger partial charge in [0.2, 0.25) is 0 Å². The number of nitrogens with one attached hydrogen (secondary N) is 1. The normalized spacial score (nSPS) is 11.1. The Morgan fingerprint density at radius 2 is 1.82 bits per heavy atom. The Balaban J connectivity index is 1.93. The first-order valence-electron chi connectivity index (χ1n) is 6.63. The van der Waals surface area contributed by atoms with Gasteiger partial charge in [-0.05, 0) is 41.8 Å². The van der Waals surface area contributed by atoms with Crippen molar-refractivity contribution < 1.29 is 9.90 Å². The molecule has 0 fully saturated rings. The second kappa shape index (κ2) is 5.65. The molecule has 2 N–H and O–H groups in total. The number of benzene rings is 2. The van der Waals surface area contributed by atoms with E-state index in [4.69, 9.17) is 5.11 Å². The summed E-state index contributed by atoms with van der Waals surface area (Å²) in [5.41, 5.74) is 1.78. The fourth-order valence-electron chi connectivity index (χ4n) is 2.09. The van der Waals surface area contributed by atoms with Crippen LogP contribution in [-0.2, 0) is 0 Å². The minimum Gasteiger partial charge on any atom is -0.478 e. The predicted molar refractivity (Wildman–Crippen MR) is 85.2 cm³/mol. The Labute approximate surface area is 125 Å². The van der Waals surface area contributed by atoms with Crippen molar-refractivity contribution in [1.82, 2.24) is 4.98 Å². The second-order valence-electron chi connectivity index (χ2n) is 4.75. The molecule has 1 heterocycles. The van der Waals surface area contributed by atoms with Crippen molar-refractivity contribution in [3.05, 3.63) is 76.1 Å². The topological polar surface area (TPSA) is 82.5 Å². The highest BCUT2D eigenvalue weighted by Crippen LogP contribution is 2.14. The van der Waals surface area contributed by atoms with E-state index in [2.05, 4.69) is 9.98 Å². The number of aromatic amines is 1. The molecule has 0 saturated carbocycles. The Morgan fingerprint density at radius 1 is 1.09 bits per heavy atom. The monoisotopic (exact) mass is 292 g/mol. The lowest BCUT2D eigenvalue weighted by Gasteiger charge is -1.99. The van der Waals surface area contributed by atoms with Gasteiger partial charge in [0.05, 0.1) is 16.8 Å². The van der Waals surface area contributed by atoms with Crippen molar-refractivity contribution in [3.8, 4) is 0 Å². The van der Waals surface area contributed by atoms with E-state index in [1.54, 1.807) is 18.2 Å². The van der Waals surface area contributed by atoms with Crippen LogP contribution < -0.4 is 5.56 Å². The third-order valence-corrected chi connectivity index (χ3v) is 3.25. The standard InChI is InChI=1S/C17H12N2O3/c20-16-13(9-12-3-1-2-4-15(12)19-16)10-18-14-7-5-11(6-8-14)17(21)22/h1-10H,(H,19,20)(H,21,22). The highest BCUT2D eigenvalue weighted by atomic mass is 16.4. The average Bonchev–Trinajstić information content (AvgIpc) is 2.53. The van der Waals surface area contributed by atoms with Crippen LogP contribution in [0, 0.1) is 0 Å². The summed E-state index contributed by atoms with van der Waals surface area (Å²) in [6.45, 7) is 0. The summed E-state index contributed by atoms with van der Waals surface area (Å²) >= 11 is 0. The van der Waals surface area contributed by atoms with Gasteiger partial charge in [0.25, 0.3) is 5.56 Å². The molecule has 5 heteroatoms. The van der Waals surface area contributed by atoms with E-state index in [1.165, 1.54) is 18.3 Å². The Hall–Kier alpha value is -3.21. The van der Waals surface area contributed by atoms with Gasteiger partial charge in [0.1, 0.15) is 0 Å². The number of aromatic nitrogens is 1. The molecule has 22 heavy (non-hydrogen) atoms. The molecule has 0 amide bonds. The smallest absolute Gasteiger partial charge is 0.335 e. The van der Waals surface area contributed by atoms with Crippen LogP contribution >= 0.6 is 0 Å². The van der Waals surface area contributed by atoms with Crippen LogP contribution in [-0.4, -0.2) is 22.3 Å². The Morgan fingerprint density at radius 3 is 2.55 bits per heavy atom. The summed E-state index contributed by atoms with van der Waals surface area (Å²) in [4.78, 5) is 29.8. The molecule has 1 aromatic heterocycles. The van der Waals surface area contributed by atoms with Gasteiger partial charge in [-0.1, -0.05) is 18.2 Å². The number of pyridine rings is 1. The first-order valence-corrected chi connectivity index (χ1v) is 6.63. The first kappa shape index (κ1) is 13.8. The van der Waals surface area contributed by atoms with Crippen LogP contribution in [0.2, 0.25) is 0 Å². The summed E-state index contributed by atoms with van der Waals surface area (Å²) in [5, 5.41) is 9.76. The molecule has 0 saturated heterocycles. The van der Waals surface area contributed by atoms with E-state index >= 15 is 0 Å². The van der Waals surface area contributed by atoms with Crippen LogP contribution in [0.5, 0.6) is 0 Å². The quantitative estimate of drug-likeness (QED) is 0.728. The van der Waals surface area contributed by atoms with E-state index in [-0.39, 0.29) is 11.1 Å². The molecule has 3 rings (SSSR count). The van der Waals surface area contributed by atoms with E-state index in [0.29, 0.717) is 11.3 Å². The number of aliphatic imine (C=N–C) groups is 1. The number of H-pyrrole nitrogens is 1. The van der Waals surface area contributed by atoms with Crippen molar-refractivity contribution in [3.63, 3.8) is 0 Å². The molecule has 108 valence electrons. The van der Waals surface area contributed by atoms with Gasteiger partial charge in [-0.25, -0.2) is 4.79 Å². The van der Waals surface area contributed by atoms with Gasteiger partial charge in [0, 0.05) is 11.7 Å². The van der Waals surface area contributed by atoms with E-state index in [0.717, 1.165) is 10.9 Å². The zero-order chi connectivity index (χ0) is 15.5. The Kier molecular flexibility index (Phi) is 3.53. The van der Waals surface area contributed by atoms with Gasteiger partial charge in [-0.3, -0.25) is 9.79 Å². The molecular weight excluding hydrogens is 280 g/mol. The average molecular weight is 292 g/mol. The predicted octanol–water partition coefficient (Wildman–Crippen LogP) is 2.98. The summed E-state index contributed by atoms with van der Waals surface area (Å²) < 4.78 is 0. The lowest BCUT2D eigenvalue weighted by molar-refractivity contribution is 0.0697. The van der Waals surface area contributed by atoms with Gasteiger partial charge in [-0.2, -0.15) is 0 Å². The van der Waals surface area contributed by atoms with Gasteiger partial charge >= 0.3 is 5.97 Å². The molecule has 2 aromatic carbocycles. The molecule has 0 aliphatic heterocycles. The largest absolute Gasteiger partial charge is 0.478 e. The Bertz CT molecular complexity index is 925. The molecule has 0 atom stereocenters. The lowest BCUT2D eigenvalue weighted by atomic mass is 10.1. The number of nitrogens with zero attached hydrogens (tertiary/aromatic N) is 1. The summed E-state index contributed by atoms with van der Waals surface area (Å²) in [5.74, 6) is -0.985. The van der Waals surface area contributed by atoms with Crippen LogP contribution in [0.15, 0.2) is 64.4 Å². The molecule has 0 spiro atoms. The lowest BCUT2D eigenvalue weighted by Crippen LogP contribution is -2.11. The fraction of sp³-hybridized carbons (Fsp3) is 0. The number of para-hydroxylation sites is 1. The molecule has 0 aliphatic rings. The van der Waals surface area contributed by atoms with Crippen molar-refractivity contribution in [1.29, 1.82) is 0 Å². The zero-order valence-electron chi connectivity index (χ0n) is 11.5. The van der Waals surface area contributed by atoms with Crippen molar-refractivity contribution in [2.24, 2.45) is 4.99 Å². The number of aromatic carboxylic acids is 1. The van der Waals surface area contributed by atoms with Gasteiger partial charge in [-0.15, -0.1) is 0 Å². The summed E-state index contributed by atoms with van der Waals surface area (Å²) in [7, 11) is 0. The van der Waals surface area contributed by atoms with Crippen LogP contribution in [0.25, 0.3) is 10.9 Å². The van der Waals surface area contributed by atoms with Crippen LogP contribution in [0.4, 0.5) is 5.69 Å². The number of carbonyl (C=O) groups is 1. The molecular formula is C17H12N2O3. The van der Waals surface area contributed by atoms with Crippen LogP contribution in [0.1, 0.15) is 15.9 Å². The second-order valence-corrected chi connectivity index (χ2v) is 4.75. The first-order chi connectivity index (χ1) is 10.6. The van der Waals surface area contributed by atoms with E-state index in [9.17, 15) is 9.59 Å². The fourth-order valence-corrected chi connectivity index (χ4v) is 2.09. The van der Waals surface area contributed by atoms with E-state index < -0.39 is 5.97 Å². The number of hydrogen-bond acceptors (Lipinski definition) is 3. The summed E-state index contributed by atoms with van der Waals surface area (Å²) in [6, 6.07) is 15.4. The third kappa shape index (κ3) is 2.78. The maximum absolute atomic E-state index is 12.0. The number of hydrogen-bond donors (Lipinski definition) is 2. The van der Waals surface area contributed by atoms with Gasteiger partial charge in [0.15, 0.2) is 0 Å².